The Hall–Kier alpha value is -2.63. The number of carboxylic acid groups (broad SMARTS) is 1. The molecule has 0 aliphatic carbocycles. The number of hydrogen-bond acceptors (Lipinski definition) is 5. The van der Waals surface area contributed by atoms with Crippen molar-refractivity contribution in [2.75, 3.05) is 23.4 Å². The molecule has 2 aromatic rings. The number of rotatable bonds is 4. The Balaban J connectivity index is 1.88. The van der Waals surface area contributed by atoms with Crippen molar-refractivity contribution in [3.63, 3.8) is 0 Å². The zero-order valence-corrected chi connectivity index (χ0v) is 12.4. The highest BCUT2D eigenvalue weighted by Crippen LogP contribution is 2.28. The minimum absolute atomic E-state index is 0.496. The maximum atomic E-state index is 11.3. The molecular formula is C16H18N4O2. The second-order valence-corrected chi connectivity index (χ2v) is 5.32. The number of hydrogen-bond donors (Lipinski definition) is 1. The van der Waals surface area contributed by atoms with Crippen molar-refractivity contribution in [2.45, 2.75) is 18.9 Å². The fourth-order valence-corrected chi connectivity index (χ4v) is 2.76. The van der Waals surface area contributed by atoms with Crippen LogP contribution in [0.5, 0.6) is 0 Å². The molecule has 1 saturated heterocycles. The van der Waals surface area contributed by atoms with Gasteiger partial charge in [-0.05, 0) is 25.0 Å². The quantitative estimate of drug-likeness (QED) is 0.934. The van der Waals surface area contributed by atoms with Crippen LogP contribution in [0.3, 0.4) is 0 Å². The van der Waals surface area contributed by atoms with Gasteiger partial charge in [-0.25, -0.2) is 14.8 Å². The summed E-state index contributed by atoms with van der Waals surface area (Å²) in [6, 6.07) is 11.2. The Bertz CT molecular complexity index is 662. The van der Waals surface area contributed by atoms with Crippen LogP contribution in [-0.2, 0) is 4.79 Å². The first-order chi connectivity index (χ1) is 10.7. The summed E-state index contributed by atoms with van der Waals surface area (Å²) in [5.41, 5.74) is 1.02. The number of nitrogens with zero attached hydrogens (tertiary/aromatic N) is 4. The molecule has 1 N–H and O–H groups in total. The molecule has 0 saturated carbocycles. The summed E-state index contributed by atoms with van der Waals surface area (Å²) in [6.45, 7) is 0.711. The smallest absolute Gasteiger partial charge is 0.326 e. The Morgan fingerprint density at radius 2 is 2.09 bits per heavy atom. The van der Waals surface area contributed by atoms with Crippen LogP contribution >= 0.6 is 0 Å². The zero-order valence-electron chi connectivity index (χ0n) is 12.4. The third kappa shape index (κ3) is 2.72. The Morgan fingerprint density at radius 1 is 1.32 bits per heavy atom. The van der Waals surface area contributed by atoms with Crippen LogP contribution in [0.25, 0.3) is 0 Å². The van der Waals surface area contributed by atoms with Crippen LogP contribution in [0.15, 0.2) is 42.7 Å². The molecule has 1 aromatic carbocycles. The van der Waals surface area contributed by atoms with Crippen LogP contribution in [0.2, 0.25) is 0 Å². The number of aromatic nitrogens is 2. The van der Waals surface area contributed by atoms with Crippen LogP contribution in [0.4, 0.5) is 17.3 Å². The lowest BCUT2D eigenvalue weighted by molar-refractivity contribution is -0.138. The van der Waals surface area contributed by atoms with Crippen molar-refractivity contribution in [1.29, 1.82) is 0 Å². The zero-order chi connectivity index (χ0) is 15.5. The largest absolute Gasteiger partial charge is 0.480 e. The summed E-state index contributed by atoms with van der Waals surface area (Å²) in [7, 11) is 1.93. The normalized spacial score (nSPS) is 17.5. The van der Waals surface area contributed by atoms with Crippen molar-refractivity contribution in [3.05, 3.63) is 42.7 Å². The van der Waals surface area contributed by atoms with Gasteiger partial charge < -0.3 is 14.9 Å². The van der Waals surface area contributed by atoms with E-state index in [0.29, 0.717) is 18.8 Å². The van der Waals surface area contributed by atoms with E-state index in [1.54, 1.807) is 0 Å². The van der Waals surface area contributed by atoms with Gasteiger partial charge in [-0.1, -0.05) is 18.2 Å². The van der Waals surface area contributed by atoms with Crippen molar-refractivity contribution in [1.82, 2.24) is 9.97 Å². The first kappa shape index (κ1) is 14.3. The molecular weight excluding hydrogens is 280 g/mol. The number of para-hydroxylation sites is 1. The molecule has 6 heteroatoms. The maximum absolute atomic E-state index is 11.3. The molecule has 1 atom stereocenters. The summed E-state index contributed by atoms with van der Waals surface area (Å²) < 4.78 is 0. The number of carbonyl (C=O) groups is 1. The molecule has 2 heterocycles. The van der Waals surface area contributed by atoms with Crippen molar-refractivity contribution >= 4 is 23.3 Å². The first-order valence-electron chi connectivity index (χ1n) is 7.27. The molecule has 1 aliphatic rings. The van der Waals surface area contributed by atoms with E-state index < -0.39 is 12.0 Å². The highest BCUT2D eigenvalue weighted by Gasteiger charge is 2.31. The van der Waals surface area contributed by atoms with Crippen LogP contribution in [0.1, 0.15) is 12.8 Å². The molecule has 1 fully saturated rings. The van der Waals surface area contributed by atoms with Gasteiger partial charge in [-0.15, -0.1) is 0 Å². The Morgan fingerprint density at radius 3 is 2.82 bits per heavy atom. The predicted molar refractivity (Wildman–Crippen MR) is 84.5 cm³/mol. The van der Waals surface area contributed by atoms with Gasteiger partial charge >= 0.3 is 5.97 Å². The lowest BCUT2D eigenvalue weighted by Gasteiger charge is -2.24. The van der Waals surface area contributed by atoms with E-state index in [1.165, 1.54) is 6.33 Å². The summed E-state index contributed by atoms with van der Waals surface area (Å²) >= 11 is 0. The third-order valence-electron chi connectivity index (χ3n) is 3.96. The molecule has 1 aliphatic heterocycles. The summed E-state index contributed by atoms with van der Waals surface area (Å²) in [5.74, 6) is 0.610. The van der Waals surface area contributed by atoms with Gasteiger partial charge in [0.25, 0.3) is 0 Å². The minimum Gasteiger partial charge on any atom is -0.480 e. The standard InChI is InChI=1S/C16H18N4O2/c1-19(12-6-3-2-4-7-12)14-10-15(18-11-17-14)20-9-5-8-13(20)16(21)22/h2-4,6-7,10-11,13H,5,8-9H2,1H3,(H,21,22). The monoisotopic (exact) mass is 298 g/mol. The fraction of sp³-hybridized carbons (Fsp3) is 0.312. The van der Waals surface area contributed by atoms with Gasteiger partial charge in [-0.2, -0.15) is 0 Å². The molecule has 0 amide bonds. The number of aliphatic carboxylic acids is 1. The predicted octanol–water partition coefficient (Wildman–Crippen LogP) is 2.30. The maximum Gasteiger partial charge on any atom is 0.326 e. The van der Waals surface area contributed by atoms with Gasteiger partial charge in [0.15, 0.2) is 0 Å². The molecule has 1 aromatic heterocycles. The highest BCUT2D eigenvalue weighted by molar-refractivity contribution is 5.78. The lowest BCUT2D eigenvalue weighted by atomic mass is 10.2. The van der Waals surface area contributed by atoms with Gasteiger partial charge in [0.2, 0.25) is 0 Å². The molecule has 3 rings (SSSR count). The molecule has 6 nitrogen and oxygen atoms in total. The average molecular weight is 298 g/mol. The summed E-state index contributed by atoms with van der Waals surface area (Å²) in [4.78, 5) is 23.7. The highest BCUT2D eigenvalue weighted by atomic mass is 16.4. The summed E-state index contributed by atoms with van der Waals surface area (Å²) in [6.07, 6.45) is 3.01. The van der Waals surface area contributed by atoms with Crippen molar-refractivity contribution in [2.24, 2.45) is 0 Å². The van der Waals surface area contributed by atoms with Crippen LogP contribution < -0.4 is 9.80 Å². The molecule has 1 unspecified atom stereocenters. The number of benzene rings is 1. The molecule has 0 spiro atoms. The van der Waals surface area contributed by atoms with Gasteiger partial charge in [0, 0.05) is 25.3 Å². The number of anilines is 3. The van der Waals surface area contributed by atoms with Crippen LogP contribution in [-0.4, -0.2) is 40.7 Å². The van der Waals surface area contributed by atoms with Crippen molar-refractivity contribution in [3.8, 4) is 0 Å². The van der Waals surface area contributed by atoms with E-state index in [1.807, 2.05) is 53.2 Å². The molecule has 114 valence electrons. The summed E-state index contributed by atoms with van der Waals surface area (Å²) in [5, 5.41) is 9.31. The molecule has 0 bridgehead atoms. The second-order valence-electron chi connectivity index (χ2n) is 5.32. The third-order valence-corrected chi connectivity index (χ3v) is 3.96. The Kier molecular flexibility index (Phi) is 3.91. The second kappa shape index (κ2) is 6.01. The van der Waals surface area contributed by atoms with Gasteiger partial charge in [-0.3, -0.25) is 0 Å². The van der Waals surface area contributed by atoms with Gasteiger partial charge in [0.05, 0.1) is 0 Å². The molecule has 0 radical (unpaired) electrons. The number of carboxylic acids is 1. The lowest BCUT2D eigenvalue weighted by Crippen LogP contribution is -2.36. The van der Waals surface area contributed by atoms with Crippen LogP contribution in [0, 0.1) is 0 Å². The van der Waals surface area contributed by atoms with E-state index in [-0.39, 0.29) is 0 Å². The Labute approximate surface area is 129 Å². The van der Waals surface area contributed by atoms with Gasteiger partial charge in [0.1, 0.15) is 24.0 Å². The topological polar surface area (TPSA) is 69.6 Å². The van der Waals surface area contributed by atoms with E-state index in [2.05, 4.69) is 9.97 Å². The minimum atomic E-state index is -0.797. The van der Waals surface area contributed by atoms with Crippen molar-refractivity contribution < 1.29 is 9.90 Å². The average Bonchev–Trinajstić information content (AvgIpc) is 3.05. The fourth-order valence-electron chi connectivity index (χ4n) is 2.76. The van der Waals surface area contributed by atoms with E-state index in [9.17, 15) is 9.90 Å². The van der Waals surface area contributed by atoms with E-state index >= 15 is 0 Å². The molecule has 22 heavy (non-hydrogen) atoms. The first-order valence-corrected chi connectivity index (χ1v) is 7.27. The SMILES string of the molecule is CN(c1ccccc1)c1cc(N2CCCC2C(=O)O)ncn1. The van der Waals surface area contributed by atoms with E-state index in [0.717, 1.165) is 17.9 Å². The van der Waals surface area contributed by atoms with E-state index in [4.69, 9.17) is 0 Å².